The number of ether oxygens (including phenoxy) is 1. The SMILES string of the molecule is C[C@@H](CC(=O)NCC(C)(C)N1CCOCC1)c1ccccc1. The van der Waals surface area contributed by atoms with Crippen molar-refractivity contribution in [1.82, 2.24) is 10.2 Å². The van der Waals surface area contributed by atoms with E-state index in [1.165, 1.54) is 5.56 Å². The molecule has 1 fully saturated rings. The number of nitrogens with zero attached hydrogens (tertiary/aromatic N) is 1. The highest BCUT2D eigenvalue weighted by molar-refractivity contribution is 5.76. The Bertz CT molecular complexity index is 467. The lowest BCUT2D eigenvalue weighted by Crippen LogP contribution is -2.55. The summed E-state index contributed by atoms with van der Waals surface area (Å²) in [5, 5.41) is 3.10. The average molecular weight is 304 g/mol. The Morgan fingerprint density at radius 2 is 1.91 bits per heavy atom. The fourth-order valence-corrected chi connectivity index (χ4v) is 2.85. The van der Waals surface area contributed by atoms with E-state index in [0.717, 1.165) is 26.3 Å². The number of benzene rings is 1. The van der Waals surface area contributed by atoms with Crippen LogP contribution in [0, 0.1) is 0 Å². The molecule has 122 valence electrons. The van der Waals surface area contributed by atoms with E-state index in [1.54, 1.807) is 0 Å². The summed E-state index contributed by atoms with van der Waals surface area (Å²) in [7, 11) is 0. The van der Waals surface area contributed by atoms with E-state index in [4.69, 9.17) is 4.74 Å². The first-order chi connectivity index (χ1) is 10.5. The molecule has 1 aliphatic heterocycles. The van der Waals surface area contributed by atoms with Crippen molar-refractivity contribution >= 4 is 5.91 Å². The monoisotopic (exact) mass is 304 g/mol. The van der Waals surface area contributed by atoms with E-state index >= 15 is 0 Å². The van der Waals surface area contributed by atoms with Crippen LogP contribution in [0.5, 0.6) is 0 Å². The standard InChI is InChI=1S/C18H28N2O2/c1-15(16-7-5-4-6-8-16)13-17(21)19-14-18(2,3)20-9-11-22-12-10-20/h4-8,15H,9-14H2,1-3H3,(H,19,21)/t15-/m0/s1. The van der Waals surface area contributed by atoms with E-state index in [1.807, 2.05) is 18.2 Å². The Kier molecular flexibility index (Phi) is 5.98. The van der Waals surface area contributed by atoms with Crippen LogP contribution >= 0.6 is 0 Å². The lowest BCUT2D eigenvalue weighted by molar-refractivity contribution is -0.122. The molecule has 1 N–H and O–H groups in total. The van der Waals surface area contributed by atoms with Gasteiger partial charge in [0.05, 0.1) is 13.2 Å². The maximum absolute atomic E-state index is 12.2. The second kappa shape index (κ2) is 7.75. The maximum atomic E-state index is 12.2. The lowest BCUT2D eigenvalue weighted by atomic mass is 9.97. The van der Waals surface area contributed by atoms with Crippen LogP contribution in [0.3, 0.4) is 0 Å². The molecule has 1 saturated heterocycles. The summed E-state index contributed by atoms with van der Waals surface area (Å²) in [5.41, 5.74) is 1.18. The zero-order chi connectivity index (χ0) is 16.0. The van der Waals surface area contributed by atoms with E-state index in [9.17, 15) is 4.79 Å². The van der Waals surface area contributed by atoms with E-state index in [2.05, 4.69) is 43.1 Å². The van der Waals surface area contributed by atoms with Crippen molar-refractivity contribution in [3.8, 4) is 0 Å². The number of hydrogen-bond donors (Lipinski definition) is 1. The van der Waals surface area contributed by atoms with Crippen molar-refractivity contribution in [2.24, 2.45) is 0 Å². The van der Waals surface area contributed by atoms with Crippen LogP contribution in [0.2, 0.25) is 0 Å². The van der Waals surface area contributed by atoms with E-state index in [0.29, 0.717) is 13.0 Å². The van der Waals surface area contributed by atoms with E-state index in [-0.39, 0.29) is 17.4 Å². The normalized spacial score (nSPS) is 18.0. The summed E-state index contributed by atoms with van der Waals surface area (Å²) in [6, 6.07) is 10.2. The summed E-state index contributed by atoms with van der Waals surface area (Å²) in [6.07, 6.45) is 0.531. The van der Waals surface area contributed by atoms with Gasteiger partial charge in [0.15, 0.2) is 0 Å². The Hall–Kier alpha value is -1.39. The third kappa shape index (κ3) is 4.82. The molecule has 0 bridgehead atoms. The molecule has 1 aliphatic rings. The van der Waals surface area contributed by atoms with Crippen molar-refractivity contribution in [1.29, 1.82) is 0 Å². The predicted octanol–water partition coefficient (Wildman–Crippen LogP) is 2.41. The first-order valence-corrected chi connectivity index (χ1v) is 8.13. The summed E-state index contributed by atoms with van der Waals surface area (Å²) in [5.74, 6) is 0.366. The highest BCUT2D eigenvalue weighted by atomic mass is 16.5. The van der Waals surface area contributed by atoms with Gasteiger partial charge in [-0.25, -0.2) is 0 Å². The fourth-order valence-electron chi connectivity index (χ4n) is 2.85. The largest absolute Gasteiger partial charge is 0.379 e. The molecule has 22 heavy (non-hydrogen) atoms. The predicted molar refractivity (Wildman–Crippen MR) is 89.0 cm³/mol. The minimum Gasteiger partial charge on any atom is -0.379 e. The zero-order valence-electron chi connectivity index (χ0n) is 14.0. The minimum absolute atomic E-state index is 0.0323. The molecule has 1 aromatic carbocycles. The van der Waals surface area contributed by atoms with Gasteiger partial charge < -0.3 is 10.1 Å². The minimum atomic E-state index is -0.0323. The Labute approximate surface area is 133 Å². The molecule has 0 saturated carbocycles. The summed E-state index contributed by atoms with van der Waals surface area (Å²) < 4.78 is 5.39. The number of nitrogens with one attached hydrogen (secondary N) is 1. The molecule has 0 spiro atoms. The molecule has 4 nitrogen and oxygen atoms in total. The zero-order valence-corrected chi connectivity index (χ0v) is 14.0. The van der Waals surface area contributed by atoms with Crippen molar-refractivity contribution in [2.75, 3.05) is 32.8 Å². The lowest BCUT2D eigenvalue weighted by Gasteiger charge is -2.40. The molecule has 0 radical (unpaired) electrons. The number of carbonyl (C=O) groups excluding carboxylic acids is 1. The first kappa shape index (κ1) is 17.0. The quantitative estimate of drug-likeness (QED) is 0.877. The number of morpholine rings is 1. The topological polar surface area (TPSA) is 41.6 Å². The van der Waals surface area contributed by atoms with Gasteiger partial charge in [0, 0.05) is 31.6 Å². The van der Waals surface area contributed by atoms with E-state index < -0.39 is 0 Å². The average Bonchev–Trinajstić information content (AvgIpc) is 2.55. The Morgan fingerprint density at radius 3 is 2.55 bits per heavy atom. The fraction of sp³-hybridized carbons (Fsp3) is 0.611. The Balaban J connectivity index is 1.79. The van der Waals surface area contributed by atoms with Crippen LogP contribution in [-0.2, 0) is 9.53 Å². The van der Waals surface area contributed by atoms with Crippen LogP contribution in [-0.4, -0.2) is 49.2 Å². The van der Waals surface area contributed by atoms with Gasteiger partial charge in [-0.3, -0.25) is 9.69 Å². The molecule has 2 rings (SSSR count). The summed E-state index contributed by atoms with van der Waals surface area (Å²) >= 11 is 0. The highest BCUT2D eigenvalue weighted by Gasteiger charge is 2.28. The third-order valence-corrected chi connectivity index (χ3v) is 4.45. The van der Waals surface area contributed by atoms with Gasteiger partial charge in [0.1, 0.15) is 0 Å². The van der Waals surface area contributed by atoms with Crippen LogP contribution in [0.25, 0.3) is 0 Å². The molecule has 1 amide bonds. The maximum Gasteiger partial charge on any atom is 0.220 e. The van der Waals surface area contributed by atoms with Crippen molar-refractivity contribution in [3.63, 3.8) is 0 Å². The van der Waals surface area contributed by atoms with Gasteiger partial charge in [-0.15, -0.1) is 0 Å². The van der Waals surface area contributed by atoms with Gasteiger partial charge in [-0.1, -0.05) is 37.3 Å². The molecular formula is C18H28N2O2. The molecule has 0 unspecified atom stereocenters. The number of amides is 1. The van der Waals surface area contributed by atoms with Crippen LogP contribution in [0.1, 0.15) is 38.7 Å². The summed E-state index contributed by atoms with van der Waals surface area (Å²) in [4.78, 5) is 14.6. The van der Waals surface area contributed by atoms with Crippen molar-refractivity contribution < 1.29 is 9.53 Å². The second-order valence-corrected chi connectivity index (χ2v) is 6.70. The molecule has 0 aliphatic carbocycles. The molecule has 1 aromatic rings. The molecule has 4 heteroatoms. The van der Waals surface area contributed by atoms with Crippen molar-refractivity contribution in [2.45, 2.75) is 38.6 Å². The van der Waals surface area contributed by atoms with Crippen LogP contribution in [0.4, 0.5) is 0 Å². The van der Waals surface area contributed by atoms with Crippen LogP contribution in [0.15, 0.2) is 30.3 Å². The van der Waals surface area contributed by atoms with Crippen molar-refractivity contribution in [3.05, 3.63) is 35.9 Å². The van der Waals surface area contributed by atoms with Gasteiger partial charge in [-0.2, -0.15) is 0 Å². The second-order valence-electron chi connectivity index (χ2n) is 6.70. The van der Waals surface area contributed by atoms with Gasteiger partial charge in [0.2, 0.25) is 5.91 Å². The van der Waals surface area contributed by atoms with Gasteiger partial charge in [-0.05, 0) is 25.3 Å². The van der Waals surface area contributed by atoms with Gasteiger partial charge >= 0.3 is 0 Å². The number of rotatable bonds is 6. The van der Waals surface area contributed by atoms with Gasteiger partial charge in [0.25, 0.3) is 0 Å². The third-order valence-electron chi connectivity index (χ3n) is 4.45. The molecule has 1 heterocycles. The molecular weight excluding hydrogens is 276 g/mol. The first-order valence-electron chi connectivity index (χ1n) is 8.13. The highest BCUT2D eigenvalue weighted by Crippen LogP contribution is 2.19. The molecule has 1 atom stereocenters. The Morgan fingerprint density at radius 1 is 1.27 bits per heavy atom. The number of hydrogen-bond acceptors (Lipinski definition) is 3. The molecule has 0 aromatic heterocycles. The number of carbonyl (C=O) groups is 1. The summed E-state index contributed by atoms with van der Waals surface area (Å²) in [6.45, 7) is 10.6. The van der Waals surface area contributed by atoms with Crippen LogP contribution < -0.4 is 5.32 Å². The smallest absolute Gasteiger partial charge is 0.220 e.